The fourth-order valence-electron chi connectivity index (χ4n) is 3.37. The molecule has 4 nitrogen and oxygen atoms in total. The summed E-state index contributed by atoms with van der Waals surface area (Å²) in [6.07, 6.45) is 0. The van der Waals surface area contributed by atoms with Gasteiger partial charge in [0, 0.05) is 19.2 Å². The Morgan fingerprint density at radius 1 is 0.964 bits per heavy atom. The fraction of sp³-hybridized carbons (Fsp3) is 0.292. The first kappa shape index (κ1) is 19.9. The number of methoxy groups -OCH3 is 1. The molecule has 0 aliphatic rings. The van der Waals surface area contributed by atoms with Gasteiger partial charge in [0.1, 0.15) is 12.3 Å². The lowest BCUT2D eigenvalue weighted by molar-refractivity contribution is -0.885. The molecular weight excluding hydrogens is 348 g/mol. The monoisotopic (exact) mass is 377 g/mol. The molecule has 1 amide bonds. The summed E-state index contributed by atoms with van der Waals surface area (Å²) in [5.74, 6) is 1.01. The highest BCUT2D eigenvalue weighted by molar-refractivity contribution is 5.84. The Hall–Kier alpha value is -2.85. The Kier molecular flexibility index (Phi) is 6.32. The maximum absolute atomic E-state index is 12.6. The molecule has 0 fully saturated rings. The number of nitrogens with zero attached hydrogens (tertiary/aromatic N) is 1. The van der Waals surface area contributed by atoms with E-state index in [0.29, 0.717) is 13.1 Å². The third-order valence-corrected chi connectivity index (χ3v) is 5.04. The summed E-state index contributed by atoms with van der Waals surface area (Å²) >= 11 is 0. The number of hydrogen-bond acceptors (Lipinski definition) is 2. The predicted molar refractivity (Wildman–Crippen MR) is 114 cm³/mol. The van der Waals surface area contributed by atoms with Crippen molar-refractivity contribution in [2.75, 3.05) is 27.7 Å². The van der Waals surface area contributed by atoms with Crippen LogP contribution >= 0.6 is 0 Å². The van der Waals surface area contributed by atoms with Crippen LogP contribution in [-0.4, -0.2) is 38.6 Å². The molecule has 3 aromatic rings. The van der Waals surface area contributed by atoms with E-state index in [0.717, 1.165) is 28.6 Å². The van der Waals surface area contributed by atoms with Gasteiger partial charge < -0.3 is 14.5 Å². The minimum Gasteiger partial charge on any atom is -0.497 e. The van der Waals surface area contributed by atoms with Crippen LogP contribution in [0.1, 0.15) is 16.7 Å². The number of benzene rings is 3. The number of aryl methyl sites for hydroxylation is 1. The second-order valence-corrected chi connectivity index (χ2v) is 7.59. The molecule has 4 heteroatoms. The molecule has 146 valence electrons. The van der Waals surface area contributed by atoms with Gasteiger partial charge in [0.15, 0.2) is 6.54 Å². The lowest BCUT2D eigenvalue weighted by atomic mass is 10.1. The maximum atomic E-state index is 12.6. The summed E-state index contributed by atoms with van der Waals surface area (Å²) in [4.78, 5) is 15.6. The van der Waals surface area contributed by atoms with Crippen molar-refractivity contribution in [2.24, 2.45) is 0 Å². The molecule has 3 aromatic carbocycles. The summed E-state index contributed by atoms with van der Waals surface area (Å²) < 4.78 is 5.28. The molecule has 0 saturated carbocycles. The summed E-state index contributed by atoms with van der Waals surface area (Å²) in [7, 11) is 5.61. The smallest absolute Gasteiger partial charge is 0.277 e. The molecule has 1 N–H and O–H groups in total. The average Bonchev–Trinajstić information content (AvgIpc) is 2.69. The lowest BCUT2D eigenvalue weighted by Gasteiger charge is -2.20. The Morgan fingerprint density at radius 2 is 1.61 bits per heavy atom. The highest BCUT2D eigenvalue weighted by atomic mass is 16.5. The van der Waals surface area contributed by atoms with Crippen LogP contribution in [0, 0.1) is 6.92 Å². The molecule has 1 unspecified atom stereocenters. The Morgan fingerprint density at radius 3 is 2.32 bits per heavy atom. The summed E-state index contributed by atoms with van der Waals surface area (Å²) in [6.45, 7) is 4.02. The molecule has 0 radical (unpaired) electrons. The number of amides is 1. The predicted octanol–water partition coefficient (Wildman–Crippen LogP) is 2.83. The zero-order valence-corrected chi connectivity index (χ0v) is 17.2. The van der Waals surface area contributed by atoms with E-state index in [4.69, 9.17) is 4.74 Å². The number of ether oxygens (including phenoxy) is 1. The highest BCUT2D eigenvalue weighted by Crippen LogP contribution is 2.22. The van der Waals surface area contributed by atoms with E-state index in [1.54, 1.807) is 7.11 Å². The highest BCUT2D eigenvalue weighted by Gasteiger charge is 2.15. The molecule has 1 atom stereocenters. The van der Waals surface area contributed by atoms with Gasteiger partial charge in [-0.05, 0) is 41.5 Å². The van der Waals surface area contributed by atoms with E-state index < -0.39 is 0 Å². The Labute approximate surface area is 167 Å². The number of hydrogen-bond donors (Lipinski definition) is 1. The first-order chi connectivity index (χ1) is 13.4. The van der Waals surface area contributed by atoms with Crippen LogP contribution in [0.3, 0.4) is 0 Å². The van der Waals surface area contributed by atoms with E-state index in [9.17, 15) is 4.79 Å². The van der Waals surface area contributed by atoms with Crippen molar-refractivity contribution >= 4 is 16.7 Å². The van der Waals surface area contributed by atoms with Gasteiger partial charge in [-0.15, -0.1) is 0 Å². The van der Waals surface area contributed by atoms with Gasteiger partial charge in [-0.25, -0.2) is 0 Å². The van der Waals surface area contributed by atoms with Gasteiger partial charge in [0.2, 0.25) is 0 Å². The molecule has 3 rings (SSSR count). The summed E-state index contributed by atoms with van der Waals surface area (Å²) in [6, 6.07) is 20.8. The molecule has 0 bridgehead atoms. The zero-order chi connectivity index (χ0) is 20.1. The molecule has 0 spiro atoms. The third kappa shape index (κ3) is 5.11. The second kappa shape index (κ2) is 8.89. The van der Waals surface area contributed by atoms with E-state index in [1.165, 1.54) is 16.0 Å². The molecule has 0 aromatic heterocycles. The summed E-state index contributed by atoms with van der Waals surface area (Å²) in [5.41, 5.74) is 3.64. The van der Waals surface area contributed by atoms with Crippen LogP contribution in [0.4, 0.5) is 0 Å². The Bertz CT molecular complexity index is 950. The summed E-state index contributed by atoms with van der Waals surface area (Å²) in [5, 5.41) is 2.29. The van der Waals surface area contributed by atoms with E-state index in [-0.39, 0.29) is 5.91 Å². The van der Waals surface area contributed by atoms with Crippen molar-refractivity contribution in [3.8, 4) is 5.75 Å². The minimum atomic E-state index is 0.152. The van der Waals surface area contributed by atoms with Crippen LogP contribution in [0.5, 0.6) is 5.75 Å². The lowest BCUT2D eigenvalue weighted by Crippen LogP contribution is -3.08. The average molecular weight is 378 g/mol. The van der Waals surface area contributed by atoms with E-state index in [2.05, 4.69) is 62.5 Å². The Balaban J connectivity index is 1.58. The quantitative estimate of drug-likeness (QED) is 0.687. The normalized spacial score (nSPS) is 12.0. The molecule has 0 heterocycles. The van der Waals surface area contributed by atoms with Crippen molar-refractivity contribution in [1.29, 1.82) is 0 Å². The number of carbonyl (C=O) groups is 1. The van der Waals surface area contributed by atoms with E-state index >= 15 is 0 Å². The molecular formula is C24H29N2O2+. The van der Waals surface area contributed by atoms with Crippen LogP contribution in [0.15, 0.2) is 60.7 Å². The van der Waals surface area contributed by atoms with Gasteiger partial charge in [0.05, 0.1) is 14.2 Å². The van der Waals surface area contributed by atoms with Crippen LogP contribution < -0.4 is 9.64 Å². The molecule has 28 heavy (non-hydrogen) atoms. The molecule has 0 aliphatic carbocycles. The zero-order valence-electron chi connectivity index (χ0n) is 17.2. The minimum absolute atomic E-state index is 0.152. The third-order valence-electron chi connectivity index (χ3n) is 5.04. The van der Waals surface area contributed by atoms with Gasteiger partial charge in [0.25, 0.3) is 5.91 Å². The van der Waals surface area contributed by atoms with Gasteiger partial charge >= 0.3 is 0 Å². The number of carbonyl (C=O) groups excluding carboxylic acids is 1. The fourth-order valence-corrected chi connectivity index (χ4v) is 3.37. The standard InChI is InChI=1S/C24H28N2O2/c1-18-5-7-19(8-6-18)15-25(2)17-24(27)26(3)16-20-9-10-22-14-23(28-4)12-11-21(22)13-20/h5-14H,15-17H2,1-4H3/p+1. The first-order valence-corrected chi connectivity index (χ1v) is 9.62. The first-order valence-electron chi connectivity index (χ1n) is 9.62. The van der Waals surface area contributed by atoms with Crippen LogP contribution in [-0.2, 0) is 17.9 Å². The largest absolute Gasteiger partial charge is 0.497 e. The number of fused-ring (bicyclic) bond motifs is 1. The topological polar surface area (TPSA) is 34.0 Å². The molecule has 0 saturated heterocycles. The van der Waals surface area contributed by atoms with Gasteiger partial charge in [-0.2, -0.15) is 0 Å². The van der Waals surface area contributed by atoms with Crippen molar-refractivity contribution in [2.45, 2.75) is 20.0 Å². The van der Waals surface area contributed by atoms with Crippen LogP contribution in [0.2, 0.25) is 0 Å². The molecule has 0 aliphatic heterocycles. The van der Waals surface area contributed by atoms with Crippen molar-refractivity contribution < 1.29 is 14.4 Å². The number of nitrogens with one attached hydrogen (secondary N) is 1. The van der Waals surface area contributed by atoms with Crippen molar-refractivity contribution in [3.05, 3.63) is 77.4 Å². The van der Waals surface area contributed by atoms with Crippen molar-refractivity contribution in [3.63, 3.8) is 0 Å². The van der Waals surface area contributed by atoms with E-state index in [1.807, 2.05) is 24.1 Å². The van der Waals surface area contributed by atoms with Gasteiger partial charge in [-0.1, -0.05) is 48.0 Å². The number of rotatable bonds is 7. The van der Waals surface area contributed by atoms with Crippen molar-refractivity contribution in [1.82, 2.24) is 4.90 Å². The second-order valence-electron chi connectivity index (χ2n) is 7.59. The number of likely N-dealkylation sites (N-methyl/N-ethyl adjacent to an activating group) is 2. The van der Waals surface area contributed by atoms with Gasteiger partial charge in [-0.3, -0.25) is 4.79 Å². The maximum Gasteiger partial charge on any atom is 0.277 e. The van der Waals surface area contributed by atoms with Crippen LogP contribution in [0.25, 0.3) is 10.8 Å². The SMILES string of the molecule is COc1ccc2cc(CN(C)C(=O)C[NH+](C)Cc3ccc(C)cc3)ccc2c1. The number of quaternary nitrogens is 1.